The first-order valence-corrected chi connectivity index (χ1v) is 12.3. The molecule has 5 atom stereocenters. The smallest absolute Gasteiger partial charge is 0.132 e. The van der Waals surface area contributed by atoms with Crippen LogP contribution in [0.1, 0.15) is 42.1 Å². The Balaban J connectivity index is 1.46. The number of hydrogen-bond donors (Lipinski definition) is 1. The zero-order valence-electron chi connectivity index (χ0n) is 19.5. The molecule has 1 aromatic heterocycles. The van der Waals surface area contributed by atoms with Crippen LogP contribution in [-0.2, 0) is 10.3 Å². The third kappa shape index (κ3) is 2.68. The van der Waals surface area contributed by atoms with Crippen molar-refractivity contribution in [3.63, 3.8) is 0 Å². The maximum Gasteiger partial charge on any atom is 0.132 e. The van der Waals surface area contributed by atoms with Crippen LogP contribution >= 0.6 is 0 Å². The number of rotatable bonds is 3. The van der Waals surface area contributed by atoms with Crippen LogP contribution in [0.2, 0.25) is 0 Å². The minimum Gasteiger partial charge on any atom is -0.364 e. The van der Waals surface area contributed by atoms with Gasteiger partial charge in [0.05, 0.1) is 17.1 Å². The molecule has 5 heteroatoms. The van der Waals surface area contributed by atoms with Gasteiger partial charge in [0.15, 0.2) is 0 Å². The molecule has 2 aliphatic heterocycles. The Morgan fingerprint density at radius 2 is 2.06 bits per heavy atom. The molecular formula is C29H28FN3O. The van der Waals surface area contributed by atoms with E-state index >= 15 is 4.39 Å². The molecule has 0 spiro atoms. The Kier molecular flexibility index (Phi) is 4.33. The average molecular weight is 454 g/mol. The number of nitrogens with zero attached hydrogens (tertiary/aromatic N) is 2. The number of likely N-dealkylation sites (tertiary alicyclic amines) is 1. The first kappa shape index (κ1) is 20.4. The van der Waals surface area contributed by atoms with E-state index in [0.717, 1.165) is 41.9 Å². The van der Waals surface area contributed by atoms with E-state index in [0.29, 0.717) is 5.56 Å². The van der Waals surface area contributed by atoms with E-state index in [1.165, 1.54) is 11.1 Å². The number of benzene rings is 2. The van der Waals surface area contributed by atoms with Crippen LogP contribution in [0, 0.1) is 11.7 Å². The molecule has 34 heavy (non-hydrogen) atoms. The van der Waals surface area contributed by atoms with Gasteiger partial charge in [-0.15, -0.1) is 0 Å². The quantitative estimate of drug-likeness (QED) is 0.564. The van der Waals surface area contributed by atoms with Crippen LogP contribution < -0.4 is 0 Å². The van der Waals surface area contributed by atoms with Gasteiger partial charge in [0.1, 0.15) is 17.2 Å². The molecule has 3 heterocycles. The predicted octanol–water partition coefficient (Wildman–Crippen LogP) is 5.57. The van der Waals surface area contributed by atoms with Crippen molar-refractivity contribution in [2.75, 3.05) is 20.1 Å². The fourth-order valence-corrected chi connectivity index (χ4v) is 6.68. The van der Waals surface area contributed by atoms with Gasteiger partial charge in [-0.25, -0.2) is 9.37 Å². The van der Waals surface area contributed by atoms with E-state index in [2.05, 4.69) is 48.2 Å². The van der Waals surface area contributed by atoms with Crippen molar-refractivity contribution in [1.29, 1.82) is 0 Å². The molecule has 3 aromatic rings. The van der Waals surface area contributed by atoms with Crippen molar-refractivity contribution in [2.24, 2.45) is 5.92 Å². The van der Waals surface area contributed by atoms with Gasteiger partial charge >= 0.3 is 0 Å². The summed E-state index contributed by atoms with van der Waals surface area (Å²) in [4.78, 5) is 10.8. The van der Waals surface area contributed by atoms with E-state index in [1.807, 2.05) is 42.5 Å². The highest BCUT2D eigenvalue weighted by atomic mass is 19.1. The highest BCUT2D eigenvalue weighted by Gasteiger charge is 2.57. The molecule has 7 rings (SSSR count). The molecule has 1 fully saturated rings. The summed E-state index contributed by atoms with van der Waals surface area (Å²) < 4.78 is 23.8. The van der Waals surface area contributed by atoms with Crippen molar-refractivity contribution in [3.8, 4) is 0 Å². The summed E-state index contributed by atoms with van der Waals surface area (Å²) >= 11 is 0. The highest BCUT2D eigenvalue weighted by Crippen LogP contribution is 2.59. The zero-order chi connectivity index (χ0) is 23.0. The summed E-state index contributed by atoms with van der Waals surface area (Å²) in [6, 6.07) is 14.0. The fourth-order valence-electron chi connectivity index (χ4n) is 6.68. The molecular weight excluding hydrogens is 425 g/mol. The van der Waals surface area contributed by atoms with Crippen molar-refractivity contribution in [1.82, 2.24) is 14.9 Å². The van der Waals surface area contributed by atoms with Gasteiger partial charge in [0, 0.05) is 36.4 Å². The SMILES string of the molecule is CC(c1nc2ccccc2[nH]1)C1(C2c3cccc2c3)OC2CCN(C)CC2c2cccc1c2F. The Morgan fingerprint density at radius 3 is 2.85 bits per heavy atom. The topological polar surface area (TPSA) is 41.1 Å². The minimum absolute atomic E-state index is 0.0156. The number of piperidine rings is 1. The highest BCUT2D eigenvalue weighted by molar-refractivity contribution is 5.75. The molecule has 2 aromatic carbocycles. The Morgan fingerprint density at radius 1 is 1.18 bits per heavy atom. The van der Waals surface area contributed by atoms with Gasteiger partial charge in [0.2, 0.25) is 0 Å². The monoisotopic (exact) mass is 453 g/mol. The lowest BCUT2D eigenvalue weighted by molar-refractivity contribution is -0.153. The largest absolute Gasteiger partial charge is 0.364 e. The first-order chi connectivity index (χ1) is 16.6. The summed E-state index contributed by atoms with van der Waals surface area (Å²) in [5.41, 5.74) is 4.89. The summed E-state index contributed by atoms with van der Waals surface area (Å²) in [5, 5.41) is 0. The molecule has 2 aliphatic carbocycles. The van der Waals surface area contributed by atoms with E-state index in [9.17, 15) is 0 Å². The molecule has 4 bridgehead atoms. The van der Waals surface area contributed by atoms with Crippen molar-refractivity contribution < 1.29 is 9.13 Å². The Hall–Kier alpha value is -3.02. The van der Waals surface area contributed by atoms with E-state index < -0.39 is 5.60 Å². The maximum atomic E-state index is 16.5. The number of likely N-dealkylation sites (N-methyl/N-ethyl adjacent to an activating group) is 1. The number of imidazole rings is 1. The van der Waals surface area contributed by atoms with Gasteiger partial charge in [-0.1, -0.05) is 61.6 Å². The number of ether oxygens (including phenoxy) is 1. The third-order valence-corrected chi connectivity index (χ3v) is 8.42. The molecule has 1 N–H and O–H groups in total. The standard InChI is InChI=1S/C29H28FN3O/c1-17(28-31-23-11-3-4-12-24(23)32-28)29(26-18-7-5-8-19(26)15-18)22-10-6-9-20(27(22)30)21-16-33(2)14-13-25(21)34-29/h3-12,15,17,21,25-26H,13-14,16H2,1-2H3,(H,31,32). The van der Waals surface area contributed by atoms with Gasteiger partial charge in [-0.2, -0.15) is 0 Å². The summed E-state index contributed by atoms with van der Waals surface area (Å²) in [6.07, 6.45) is 9.42. The second-order valence-electron chi connectivity index (χ2n) is 10.3. The molecule has 5 unspecified atom stereocenters. The number of halogens is 1. The lowest BCUT2D eigenvalue weighted by Gasteiger charge is -2.51. The van der Waals surface area contributed by atoms with Crippen molar-refractivity contribution >= 4 is 11.0 Å². The second-order valence-corrected chi connectivity index (χ2v) is 10.3. The van der Waals surface area contributed by atoms with E-state index in [-0.39, 0.29) is 29.7 Å². The lowest BCUT2D eigenvalue weighted by atomic mass is 9.60. The molecule has 1 saturated heterocycles. The molecule has 4 aliphatic rings. The summed E-state index contributed by atoms with van der Waals surface area (Å²) in [5.74, 6) is 0.535. The Labute approximate surface area is 198 Å². The zero-order valence-corrected chi connectivity index (χ0v) is 19.5. The van der Waals surface area contributed by atoms with Crippen LogP contribution in [0.4, 0.5) is 4.39 Å². The van der Waals surface area contributed by atoms with Crippen LogP contribution in [0.15, 0.2) is 77.9 Å². The average Bonchev–Trinajstić information content (AvgIpc) is 3.27. The molecule has 0 radical (unpaired) electrons. The number of nitrogens with one attached hydrogen (secondary N) is 1. The number of aromatic amines is 1. The van der Waals surface area contributed by atoms with Crippen molar-refractivity contribution in [2.45, 2.75) is 36.9 Å². The predicted molar refractivity (Wildman–Crippen MR) is 131 cm³/mol. The van der Waals surface area contributed by atoms with E-state index in [1.54, 1.807) is 0 Å². The first-order valence-electron chi connectivity index (χ1n) is 12.3. The number of hydrogen-bond acceptors (Lipinski definition) is 3. The number of para-hydroxylation sites is 2. The lowest BCUT2D eigenvalue weighted by Crippen LogP contribution is -2.51. The van der Waals surface area contributed by atoms with Gasteiger partial charge in [-0.3, -0.25) is 0 Å². The number of allylic oxidation sites excluding steroid dienone is 4. The second kappa shape index (κ2) is 7.24. The number of H-pyrrole nitrogens is 1. The molecule has 4 nitrogen and oxygen atoms in total. The Bertz CT molecular complexity index is 1360. The van der Waals surface area contributed by atoms with Gasteiger partial charge < -0.3 is 14.6 Å². The van der Waals surface area contributed by atoms with Crippen LogP contribution in [-0.4, -0.2) is 41.1 Å². The van der Waals surface area contributed by atoms with E-state index in [4.69, 9.17) is 9.72 Å². The minimum atomic E-state index is -0.885. The summed E-state index contributed by atoms with van der Waals surface area (Å²) in [6.45, 7) is 3.90. The number of fused-ring (bicyclic) bond motifs is 7. The summed E-state index contributed by atoms with van der Waals surface area (Å²) in [7, 11) is 2.11. The van der Waals surface area contributed by atoms with Gasteiger partial charge in [0.25, 0.3) is 0 Å². The van der Waals surface area contributed by atoms with Crippen LogP contribution in [0.5, 0.6) is 0 Å². The maximum absolute atomic E-state index is 16.5. The fraction of sp³-hybridized carbons (Fsp3) is 0.345. The third-order valence-electron chi connectivity index (χ3n) is 8.42. The molecule has 0 amide bonds. The van der Waals surface area contributed by atoms with Gasteiger partial charge in [-0.05, 0) is 42.3 Å². The molecule has 172 valence electrons. The van der Waals surface area contributed by atoms with Crippen LogP contribution in [0.25, 0.3) is 11.0 Å². The number of aromatic nitrogens is 2. The van der Waals surface area contributed by atoms with Crippen LogP contribution in [0.3, 0.4) is 0 Å². The molecule has 0 saturated carbocycles. The normalized spacial score (nSPS) is 30.7. The van der Waals surface area contributed by atoms with Crippen molar-refractivity contribution in [3.05, 3.63) is 101 Å².